The van der Waals surface area contributed by atoms with E-state index >= 15 is 0 Å². The van der Waals surface area contributed by atoms with E-state index in [0.29, 0.717) is 0 Å². The summed E-state index contributed by atoms with van der Waals surface area (Å²) in [5, 5.41) is 0. The zero-order chi connectivity index (χ0) is 27.7. The summed E-state index contributed by atoms with van der Waals surface area (Å²) in [4.78, 5) is 3.11. The van der Waals surface area contributed by atoms with Crippen molar-refractivity contribution in [2.45, 2.75) is 152 Å². The van der Waals surface area contributed by atoms with E-state index < -0.39 is 8.07 Å². The molecule has 0 radical (unpaired) electrons. The van der Waals surface area contributed by atoms with Gasteiger partial charge in [0.25, 0.3) is 0 Å². The van der Waals surface area contributed by atoms with Gasteiger partial charge in [0, 0.05) is 17.8 Å². The van der Waals surface area contributed by atoms with Crippen LogP contribution in [0.5, 0.6) is 0 Å². The van der Waals surface area contributed by atoms with Crippen LogP contribution in [0.3, 0.4) is 0 Å². The summed E-state index contributed by atoms with van der Waals surface area (Å²) >= 11 is 0. The molecule has 0 spiro atoms. The molecule has 7 fully saturated rings. The summed E-state index contributed by atoms with van der Waals surface area (Å²) < 4.78 is 0. The molecule has 6 aliphatic carbocycles. The third kappa shape index (κ3) is 4.40. The van der Waals surface area contributed by atoms with Gasteiger partial charge in [0.1, 0.15) is 0 Å². The van der Waals surface area contributed by atoms with Gasteiger partial charge in [-0.05, 0) is 109 Å². The number of hydrogen-bond donors (Lipinski definition) is 0. The standard InChI is InChI=1S/C39H61NSi/c1-26-25-34-29(27-15-6-4-7-16-27)22-14-23-32(34)38(26)41(2,3)39-31-20-11-10-19-30(31)37-36(39)33-21-12-13-24-35(33)40(37)28-17-8-5-9-18-28/h5,8-9,17-18,26-27,29-39H,4,6-7,10-16,19-25H2,1-3H3. The number of rotatable bonds is 4. The molecule has 41 heavy (non-hydrogen) atoms. The van der Waals surface area contributed by atoms with Crippen molar-refractivity contribution < 1.29 is 0 Å². The first-order valence-corrected chi connectivity index (χ1v) is 22.0. The Kier molecular flexibility index (Phi) is 7.44. The van der Waals surface area contributed by atoms with E-state index in [-0.39, 0.29) is 0 Å². The van der Waals surface area contributed by atoms with Gasteiger partial charge in [-0.3, -0.25) is 0 Å². The molecular weight excluding hydrogens is 511 g/mol. The Balaban J connectivity index is 1.16. The molecule has 1 aromatic rings. The summed E-state index contributed by atoms with van der Waals surface area (Å²) in [6, 6.07) is 13.6. The average molecular weight is 572 g/mol. The zero-order valence-corrected chi connectivity index (χ0v) is 27.9. The van der Waals surface area contributed by atoms with Gasteiger partial charge in [-0.2, -0.15) is 0 Å². The molecule has 2 heteroatoms. The Labute approximate surface area is 254 Å². The van der Waals surface area contributed by atoms with Crippen LogP contribution in [0.4, 0.5) is 5.69 Å². The quantitative estimate of drug-likeness (QED) is 0.325. The largest absolute Gasteiger partial charge is 0.365 e. The molecule has 7 aliphatic rings. The van der Waals surface area contributed by atoms with Crippen molar-refractivity contribution >= 4 is 13.8 Å². The van der Waals surface area contributed by atoms with Gasteiger partial charge >= 0.3 is 0 Å². The van der Waals surface area contributed by atoms with E-state index in [1.807, 2.05) is 0 Å². The molecule has 1 saturated heterocycles. The normalized spacial score (nSPS) is 46.6. The molecule has 1 aliphatic heterocycles. The van der Waals surface area contributed by atoms with Crippen molar-refractivity contribution in [1.82, 2.24) is 0 Å². The highest BCUT2D eigenvalue weighted by molar-refractivity contribution is 6.80. The number of para-hydroxylation sites is 1. The molecule has 1 nitrogen and oxygen atoms in total. The molecular formula is C39H61NSi. The van der Waals surface area contributed by atoms with Crippen LogP contribution in [-0.2, 0) is 0 Å². The van der Waals surface area contributed by atoms with Gasteiger partial charge in [0.2, 0.25) is 0 Å². The fraction of sp³-hybridized carbons (Fsp3) is 0.846. The molecule has 8 rings (SSSR count). The predicted molar refractivity (Wildman–Crippen MR) is 177 cm³/mol. The molecule has 1 heterocycles. The van der Waals surface area contributed by atoms with Crippen LogP contribution < -0.4 is 4.90 Å². The van der Waals surface area contributed by atoms with Crippen LogP contribution in [0, 0.1) is 53.3 Å². The maximum absolute atomic E-state index is 3.11. The fourth-order valence-corrected chi connectivity index (χ4v) is 21.2. The summed E-state index contributed by atoms with van der Waals surface area (Å²) in [6.45, 7) is 8.78. The summed E-state index contributed by atoms with van der Waals surface area (Å²) in [7, 11) is -1.52. The van der Waals surface area contributed by atoms with Crippen LogP contribution in [0.15, 0.2) is 30.3 Å². The van der Waals surface area contributed by atoms with Gasteiger partial charge in [0.05, 0.1) is 8.07 Å². The first-order valence-electron chi connectivity index (χ1n) is 18.9. The molecule has 6 saturated carbocycles. The van der Waals surface area contributed by atoms with Crippen molar-refractivity contribution in [2.75, 3.05) is 4.90 Å². The van der Waals surface area contributed by atoms with Crippen molar-refractivity contribution in [1.29, 1.82) is 0 Å². The minimum Gasteiger partial charge on any atom is -0.365 e. The number of fused-ring (bicyclic) bond motifs is 6. The Morgan fingerprint density at radius 2 is 1.20 bits per heavy atom. The highest BCUT2D eigenvalue weighted by Gasteiger charge is 2.67. The third-order valence-corrected chi connectivity index (χ3v) is 20.7. The lowest BCUT2D eigenvalue weighted by atomic mass is 9.65. The third-order valence-electron chi connectivity index (χ3n) is 15.5. The van der Waals surface area contributed by atoms with E-state index in [9.17, 15) is 0 Å². The molecule has 0 N–H and O–H groups in total. The maximum atomic E-state index is 3.11. The molecule has 0 bridgehead atoms. The van der Waals surface area contributed by atoms with Gasteiger partial charge < -0.3 is 4.90 Å². The second-order valence-electron chi connectivity index (χ2n) is 17.3. The minimum absolute atomic E-state index is 0.829. The highest BCUT2D eigenvalue weighted by atomic mass is 28.3. The van der Waals surface area contributed by atoms with E-state index in [4.69, 9.17) is 0 Å². The van der Waals surface area contributed by atoms with Crippen molar-refractivity contribution in [2.24, 2.45) is 53.3 Å². The molecule has 226 valence electrons. The lowest BCUT2D eigenvalue weighted by molar-refractivity contribution is 0.0976. The molecule has 0 aromatic heterocycles. The smallest absolute Gasteiger partial charge is 0.0547 e. The average Bonchev–Trinajstić information content (AvgIpc) is 3.65. The second-order valence-corrected chi connectivity index (χ2v) is 22.3. The molecule has 1 aromatic carbocycles. The lowest BCUT2D eigenvalue weighted by Crippen LogP contribution is -2.49. The Morgan fingerprint density at radius 1 is 0.585 bits per heavy atom. The van der Waals surface area contributed by atoms with Gasteiger partial charge in [-0.1, -0.05) is 115 Å². The summed E-state index contributed by atoms with van der Waals surface area (Å²) in [5.74, 6) is 9.34. The lowest BCUT2D eigenvalue weighted by Gasteiger charge is -2.50. The van der Waals surface area contributed by atoms with Crippen LogP contribution >= 0.6 is 0 Å². The molecule has 12 unspecified atom stereocenters. The summed E-state index contributed by atoms with van der Waals surface area (Å²) in [6.07, 6.45) is 26.2. The van der Waals surface area contributed by atoms with E-state index in [0.717, 1.165) is 76.4 Å². The first kappa shape index (κ1) is 27.8. The van der Waals surface area contributed by atoms with Gasteiger partial charge in [0.15, 0.2) is 0 Å². The molecule has 12 atom stereocenters. The maximum Gasteiger partial charge on any atom is 0.0547 e. The highest BCUT2D eigenvalue weighted by Crippen LogP contribution is 2.70. The minimum atomic E-state index is -1.52. The Bertz CT molecular complexity index is 1040. The Hall–Kier alpha value is -0.763. The van der Waals surface area contributed by atoms with Gasteiger partial charge in [-0.15, -0.1) is 0 Å². The first-order chi connectivity index (χ1) is 20.1. The number of hydrogen-bond acceptors (Lipinski definition) is 1. The predicted octanol–water partition coefficient (Wildman–Crippen LogP) is 11.0. The van der Waals surface area contributed by atoms with Crippen LogP contribution in [0.25, 0.3) is 0 Å². The van der Waals surface area contributed by atoms with Crippen LogP contribution in [0.2, 0.25) is 24.2 Å². The van der Waals surface area contributed by atoms with Crippen molar-refractivity contribution in [3.05, 3.63) is 30.3 Å². The monoisotopic (exact) mass is 571 g/mol. The number of benzene rings is 1. The van der Waals surface area contributed by atoms with Crippen molar-refractivity contribution in [3.8, 4) is 0 Å². The topological polar surface area (TPSA) is 3.24 Å². The number of nitrogens with zero attached hydrogens (tertiary/aromatic N) is 1. The number of anilines is 1. The van der Waals surface area contributed by atoms with Crippen LogP contribution in [0.1, 0.15) is 116 Å². The van der Waals surface area contributed by atoms with Gasteiger partial charge in [-0.25, -0.2) is 0 Å². The molecule has 0 amide bonds. The fourth-order valence-electron chi connectivity index (χ4n) is 14.7. The van der Waals surface area contributed by atoms with E-state index in [2.05, 4.69) is 55.2 Å². The van der Waals surface area contributed by atoms with E-state index in [1.54, 1.807) is 50.6 Å². The van der Waals surface area contributed by atoms with Crippen molar-refractivity contribution in [3.63, 3.8) is 0 Å². The summed E-state index contributed by atoms with van der Waals surface area (Å²) in [5.41, 5.74) is 3.76. The zero-order valence-electron chi connectivity index (χ0n) is 26.9. The Morgan fingerprint density at radius 3 is 1.98 bits per heavy atom. The second kappa shape index (κ2) is 11.0. The SMILES string of the molecule is CC1CC2C(C3CCCCC3)CCCC2C1[Si](C)(C)C1C2CCCCC2C2C1C1CCCCC1N2c1ccccc1. The van der Waals surface area contributed by atoms with E-state index in [1.165, 1.54) is 64.2 Å². The van der Waals surface area contributed by atoms with Crippen LogP contribution in [-0.4, -0.2) is 20.2 Å².